The lowest BCUT2D eigenvalue weighted by Crippen LogP contribution is -2.58. The molecule has 0 aromatic carbocycles. The van der Waals surface area contributed by atoms with Crippen LogP contribution in [-0.4, -0.2) is 77.1 Å². The van der Waals surface area contributed by atoms with Gasteiger partial charge in [-0.25, -0.2) is 4.79 Å². The average Bonchev–Trinajstić information content (AvgIpc) is 2.71. The largest absolute Gasteiger partial charge is 0.480 e. The maximum atomic E-state index is 12.8. The Morgan fingerprint density at radius 3 is 1.88 bits per heavy atom. The van der Waals surface area contributed by atoms with Crippen LogP contribution in [0.1, 0.15) is 33.1 Å². The van der Waals surface area contributed by atoms with E-state index in [1.54, 1.807) is 13.8 Å². The van der Waals surface area contributed by atoms with Crippen molar-refractivity contribution in [3.05, 3.63) is 0 Å². The van der Waals surface area contributed by atoms with Crippen molar-refractivity contribution in [1.29, 1.82) is 0 Å². The van der Waals surface area contributed by atoms with Gasteiger partial charge in [0.2, 0.25) is 23.6 Å². The Balaban J connectivity index is 5.55. The molecule has 0 aliphatic carbocycles. The number of guanidine groups is 1. The van der Waals surface area contributed by atoms with E-state index < -0.39 is 60.2 Å². The second-order valence-electron chi connectivity index (χ2n) is 7.59. The number of thiol groups is 1. The zero-order valence-corrected chi connectivity index (χ0v) is 19.5. The summed E-state index contributed by atoms with van der Waals surface area (Å²) in [6.07, 6.45) is -0.269. The molecule has 0 saturated carbocycles. The molecule has 0 bridgehead atoms. The molecule has 4 unspecified atom stereocenters. The smallest absolute Gasteiger partial charge is 0.327 e. The van der Waals surface area contributed by atoms with Crippen LogP contribution in [0.25, 0.3) is 0 Å². The fourth-order valence-electron chi connectivity index (χ4n) is 2.48. The van der Waals surface area contributed by atoms with Crippen LogP contribution in [0.2, 0.25) is 0 Å². The number of primary amides is 1. The molecule has 4 atom stereocenters. The Morgan fingerprint density at radius 1 is 0.909 bits per heavy atom. The first-order valence-corrected chi connectivity index (χ1v) is 10.8. The van der Waals surface area contributed by atoms with Crippen molar-refractivity contribution >= 4 is 48.2 Å². The van der Waals surface area contributed by atoms with Gasteiger partial charge in [0, 0.05) is 12.3 Å². The molecule has 0 aliphatic rings. The van der Waals surface area contributed by atoms with Crippen LogP contribution in [0, 0.1) is 5.92 Å². The maximum Gasteiger partial charge on any atom is 0.327 e. The third-order valence-corrected chi connectivity index (χ3v) is 4.80. The standard InChI is InChI=1S/C18H34N8O6S/c1-8(2)13(20)16(30)25-10(6-12(19)27)15(29)24-9(4-3-5-23-18(21)22)14(28)26-11(7-33)17(31)32/h8-11,13,33H,3-7,20H2,1-2H3,(H2,19,27)(H,24,29)(H,25,30)(H,26,28)(H,31,32)(H4,21,22,23). The number of amides is 4. The lowest BCUT2D eigenvalue weighted by molar-refractivity contribution is -0.141. The summed E-state index contributed by atoms with van der Waals surface area (Å²) in [5.74, 6) is -5.15. The lowest BCUT2D eigenvalue weighted by atomic mass is 10.0. The zero-order chi connectivity index (χ0) is 25.7. The molecule has 0 aliphatic heterocycles. The van der Waals surface area contributed by atoms with Crippen molar-refractivity contribution in [3.63, 3.8) is 0 Å². The first-order valence-electron chi connectivity index (χ1n) is 10.1. The van der Waals surface area contributed by atoms with Gasteiger partial charge in [-0.05, 0) is 18.8 Å². The highest BCUT2D eigenvalue weighted by atomic mass is 32.1. The van der Waals surface area contributed by atoms with Gasteiger partial charge in [-0.2, -0.15) is 12.6 Å². The quantitative estimate of drug-likeness (QED) is 0.0474. The molecule has 4 amide bonds. The Labute approximate surface area is 197 Å². The van der Waals surface area contributed by atoms with Crippen molar-refractivity contribution in [2.24, 2.45) is 33.8 Å². The highest BCUT2D eigenvalue weighted by Crippen LogP contribution is 2.04. The Hall–Kier alpha value is -3.07. The van der Waals surface area contributed by atoms with Crippen LogP contribution in [-0.2, 0) is 24.0 Å². The number of hydrogen-bond donors (Lipinski definition) is 9. The molecular formula is C18H34N8O6S. The first-order chi connectivity index (χ1) is 15.3. The van der Waals surface area contributed by atoms with Gasteiger partial charge < -0.3 is 44.0 Å². The third-order valence-electron chi connectivity index (χ3n) is 4.43. The third kappa shape index (κ3) is 11.9. The van der Waals surface area contributed by atoms with E-state index in [2.05, 4.69) is 33.6 Å². The number of hydrogen-bond acceptors (Lipinski definition) is 8. The number of aliphatic carboxylic acids is 1. The highest BCUT2D eigenvalue weighted by molar-refractivity contribution is 7.80. The normalized spacial score (nSPS) is 14.3. The molecule has 0 fully saturated rings. The number of nitrogens with two attached hydrogens (primary N) is 4. The van der Waals surface area contributed by atoms with Gasteiger partial charge in [0.1, 0.15) is 18.1 Å². The maximum absolute atomic E-state index is 12.8. The predicted molar refractivity (Wildman–Crippen MR) is 124 cm³/mol. The van der Waals surface area contributed by atoms with E-state index in [1.165, 1.54) is 0 Å². The van der Waals surface area contributed by atoms with Gasteiger partial charge >= 0.3 is 5.97 Å². The zero-order valence-electron chi connectivity index (χ0n) is 18.6. The van der Waals surface area contributed by atoms with Gasteiger partial charge in [0.05, 0.1) is 12.5 Å². The van der Waals surface area contributed by atoms with Crippen LogP contribution in [0.4, 0.5) is 0 Å². The predicted octanol–water partition coefficient (Wildman–Crippen LogP) is -3.63. The minimum Gasteiger partial charge on any atom is -0.480 e. The molecule has 0 rings (SSSR count). The summed E-state index contributed by atoms with van der Waals surface area (Å²) in [5, 5.41) is 16.2. The number of carboxylic acid groups (broad SMARTS) is 1. The highest BCUT2D eigenvalue weighted by Gasteiger charge is 2.31. The van der Waals surface area contributed by atoms with Gasteiger partial charge in [0.25, 0.3) is 0 Å². The van der Waals surface area contributed by atoms with Gasteiger partial charge in [0.15, 0.2) is 5.96 Å². The first kappa shape index (κ1) is 29.9. The molecule has 0 radical (unpaired) electrons. The Bertz CT molecular complexity index is 743. The van der Waals surface area contributed by atoms with Gasteiger partial charge in [-0.1, -0.05) is 13.8 Å². The van der Waals surface area contributed by atoms with Crippen molar-refractivity contribution in [2.75, 3.05) is 12.3 Å². The average molecular weight is 491 g/mol. The van der Waals surface area contributed by atoms with Crippen molar-refractivity contribution in [3.8, 4) is 0 Å². The van der Waals surface area contributed by atoms with Crippen LogP contribution in [0.3, 0.4) is 0 Å². The van der Waals surface area contributed by atoms with Crippen LogP contribution in [0.15, 0.2) is 4.99 Å². The molecule has 0 spiro atoms. The second-order valence-corrected chi connectivity index (χ2v) is 7.96. The molecular weight excluding hydrogens is 456 g/mol. The number of carbonyl (C=O) groups excluding carboxylic acids is 4. The van der Waals surface area contributed by atoms with Crippen LogP contribution in [0.5, 0.6) is 0 Å². The fraction of sp³-hybridized carbons (Fsp3) is 0.667. The molecule has 0 heterocycles. The lowest BCUT2D eigenvalue weighted by Gasteiger charge is -2.25. The molecule has 12 N–H and O–H groups in total. The van der Waals surface area contributed by atoms with E-state index in [1.807, 2.05) is 0 Å². The van der Waals surface area contributed by atoms with Gasteiger partial charge in [-0.3, -0.25) is 24.2 Å². The summed E-state index contributed by atoms with van der Waals surface area (Å²) in [6.45, 7) is 3.54. The number of nitrogens with one attached hydrogen (secondary N) is 3. The van der Waals surface area contributed by atoms with E-state index in [-0.39, 0.29) is 37.0 Å². The van der Waals surface area contributed by atoms with Gasteiger partial charge in [-0.15, -0.1) is 0 Å². The van der Waals surface area contributed by atoms with Crippen LogP contribution >= 0.6 is 12.6 Å². The summed E-state index contributed by atoms with van der Waals surface area (Å²) >= 11 is 3.88. The molecule has 14 nitrogen and oxygen atoms in total. The summed E-state index contributed by atoms with van der Waals surface area (Å²) < 4.78 is 0. The number of nitrogens with zero attached hydrogens (tertiary/aromatic N) is 1. The van der Waals surface area contributed by atoms with E-state index in [0.29, 0.717) is 0 Å². The monoisotopic (exact) mass is 490 g/mol. The molecule has 0 saturated heterocycles. The molecule has 0 aromatic rings. The molecule has 15 heteroatoms. The Kier molecular flexibility index (Phi) is 13.5. The second kappa shape index (κ2) is 14.9. The number of carboxylic acids is 1. The summed E-state index contributed by atoms with van der Waals surface area (Å²) in [6, 6.07) is -4.87. The van der Waals surface area contributed by atoms with Crippen molar-refractivity contribution in [2.45, 2.75) is 57.3 Å². The molecule has 33 heavy (non-hydrogen) atoms. The topological polar surface area (TPSA) is 258 Å². The van der Waals surface area contributed by atoms with Crippen LogP contribution < -0.4 is 38.9 Å². The molecule has 188 valence electrons. The summed E-state index contributed by atoms with van der Waals surface area (Å²) in [7, 11) is 0. The number of carbonyl (C=O) groups is 5. The SMILES string of the molecule is CC(C)C(N)C(=O)NC(CC(N)=O)C(=O)NC(CCCN=C(N)N)C(=O)NC(CS)C(=O)O. The minimum absolute atomic E-state index is 0.0238. The molecule has 0 aromatic heterocycles. The van der Waals surface area contributed by atoms with E-state index in [4.69, 9.17) is 28.0 Å². The fourth-order valence-corrected chi connectivity index (χ4v) is 2.73. The van der Waals surface area contributed by atoms with E-state index in [0.717, 1.165) is 0 Å². The summed E-state index contributed by atoms with van der Waals surface area (Å²) in [4.78, 5) is 64.1. The number of aliphatic imine (C=N–C) groups is 1. The van der Waals surface area contributed by atoms with Crippen molar-refractivity contribution in [1.82, 2.24) is 16.0 Å². The number of rotatable bonds is 15. The van der Waals surface area contributed by atoms with Crippen molar-refractivity contribution < 1.29 is 29.1 Å². The minimum atomic E-state index is -1.40. The Morgan fingerprint density at radius 2 is 1.42 bits per heavy atom. The summed E-state index contributed by atoms with van der Waals surface area (Å²) in [5.41, 5.74) is 21.5. The van der Waals surface area contributed by atoms with E-state index in [9.17, 15) is 24.0 Å². The van der Waals surface area contributed by atoms with E-state index >= 15 is 0 Å².